The average molecular weight is 194 g/mol. The fraction of sp³-hybridized carbons (Fsp3) is 0.364. The molecule has 0 amide bonds. The van der Waals surface area contributed by atoms with Crippen LogP contribution < -0.4 is 4.74 Å². The molecule has 0 saturated carbocycles. The molecule has 0 aliphatic heterocycles. The van der Waals surface area contributed by atoms with Crippen LogP contribution in [0.15, 0.2) is 18.2 Å². The molecule has 3 heteroatoms. The molecule has 0 heterocycles. The molecule has 0 aliphatic rings. The van der Waals surface area contributed by atoms with Crippen LogP contribution in [0.1, 0.15) is 22.8 Å². The Labute approximate surface area is 83.6 Å². The number of ether oxygens (including phenoxy) is 2. The minimum atomic E-state index is -0.342. The third-order valence-corrected chi connectivity index (χ3v) is 1.91. The number of esters is 1. The Morgan fingerprint density at radius 1 is 1.43 bits per heavy atom. The topological polar surface area (TPSA) is 35.5 Å². The number of hydrogen-bond acceptors (Lipinski definition) is 3. The van der Waals surface area contributed by atoms with E-state index in [-0.39, 0.29) is 5.97 Å². The minimum Gasteiger partial charge on any atom is -0.494 e. The Hall–Kier alpha value is -1.51. The van der Waals surface area contributed by atoms with E-state index >= 15 is 0 Å². The molecule has 1 rings (SSSR count). The van der Waals surface area contributed by atoms with Gasteiger partial charge in [0.2, 0.25) is 0 Å². The van der Waals surface area contributed by atoms with Gasteiger partial charge in [0.15, 0.2) is 0 Å². The minimum absolute atomic E-state index is 0.342. The first kappa shape index (κ1) is 10.6. The largest absolute Gasteiger partial charge is 0.494 e. The number of benzene rings is 1. The Bertz CT molecular complexity index is 331. The van der Waals surface area contributed by atoms with Gasteiger partial charge in [0.05, 0.1) is 19.3 Å². The van der Waals surface area contributed by atoms with Crippen LogP contribution in [0.4, 0.5) is 0 Å². The second-order valence-corrected chi connectivity index (χ2v) is 2.90. The summed E-state index contributed by atoms with van der Waals surface area (Å²) in [6.07, 6.45) is 0. The lowest BCUT2D eigenvalue weighted by molar-refractivity contribution is 0.0600. The maximum absolute atomic E-state index is 11.2. The Morgan fingerprint density at radius 2 is 2.14 bits per heavy atom. The standard InChI is InChI=1S/C11H14O3/c1-4-14-10-7-9(11(12)13-3)6-5-8(10)2/h5-7H,4H2,1-3H3. The third kappa shape index (κ3) is 2.25. The molecule has 0 aromatic heterocycles. The van der Waals surface area contributed by atoms with Crippen LogP contribution >= 0.6 is 0 Å². The van der Waals surface area contributed by atoms with Gasteiger partial charge in [-0.3, -0.25) is 0 Å². The molecule has 0 aliphatic carbocycles. The fourth-order valence-electron chi connectivity index (χ4n) is 1.16. The van der Waals surface area contributed by atoms with Crippen molar-refractivity contribution in [2.24, 2.45) is 0 Å². The zero-order chi connectivity index (χ0) is 10.6. The third-order valence-electron chi connectivity index (χ3n) is 1.91. The van der Waals surface area contributed by atoms with Gasteiger partial charge in [0.25, 0.3) is 0 Å². The van der Waals surface area contributed by atoms with Gasteiger partial charge in [-0.25, -0.2) is 4.79 Å². The van der Waals surface area contributed by atoms with Gasteiger partial charge in [-0.2, -0.15) is 0 Å². The van der Waals surface area contributed by atoms with Gasteiger partial charge in [0, 0.05) is 0 Å². The first-order valence-electron chi connectivity index (χ1n) is 4.50. The SMILES string of the molecule is CCOc1cc(C(=O)OC)ccc1C. The number of hydrogen-bond donors (Lipinski definition) is 0. The lowest BCUT2D eigenvalue weighted by Crippen LogP contribution is -2.02. The quantitative estimate of drug-likeness (QED) is 0.692. The van der Waals surface area contributed by atoms with Crippen molar-refractivity contribution in [3.63, 3.8) is 0 Å². The zero-order valence-electron chi connectivity index (χ0n) is 8.66. The van der Waals surface area contributed by atoms with Crippen LogP contribution in [-0.2, 0) is 4.74 Å². The summed E-state index contributed by atoms with van der Waals surface area (Å²) in [7, 11) is 1.36. The maximum Gasteiger partial charge on any atom is 0.337 e. The predicted molar refractivity (Wildman–Crippen MR) is 53.7 cm³/mol. The number of rotatable bonds is 3. The molecule has 0 radical (unpaired) electrons. The summed E-state index contributed by atoms with van der Waals surface area (Å²) in [5.41, 5.74) is 1.53. The van der Waals surface area contributed by atoms with Gasteiger partial charge >= 0.3 is 5.97 Å². The highest BCUT2D eigenvalue weighted by molar-refractivity contribution is 5.89. The van der Waals surface area contributed by atoms with Gasteiger partial charge in [-0.1, -0.05) is 6.07 Å². The molecule has 14 heavy (non-hydrogen) atoms. The van der Waals surface area contributed by atoms with E-state index < -0.39 is 0 Å². The molecule has 0 unspecified atom stereocenters. The molecular formula is C11H14O3. The molecule has 0 fully saturated rings. The van der Waals surface area contributed by atoms with Crippen LogP contribution in [0.25, 0.3) is 0 Å². The number of carbonyl (C=O) groups excluding carboxylic acids is 1. The van der Waals surface area contributed by atoms with E-state index in [1.165, 1.54) is 7.11 Å². The normalized spacial score (nSPS) is 9.64. The van der Waals surface area contributed by atoms with Crippen molar-refractivity contribution in [1.82, 2.24) is 0 Å². The van der Waals surface area contributed by atoms with Gasteiger partial charge in [-0.15, -0.1) is 0 Å². The number of carbonyl (C=O) groups is 1. The van der Waals surface area contributed by atoms with Crippen LogP contribution in [0.5, 0.6) is 5.75 Å². The highest BCUT2D eigenvalue weighted by atomic mass is 16.5. The molecule has 1 aromatic rings. The second kappa shape index (κ2) is 4.65. The molecule has 0 atom stereocenters. The smallest absolute Gasteiger partial charge is 0.337 e. The molecular weight excluding hydrogens is 180 g/mol. The van der Waals surface area contributed by atoms with E-state index in [0.29, 0.717) is 12.2 Å². The number of methoxy groups -OCH3 is 1. The monoisotopic (exact) mass is 194 g/mol. The van der Waals surface area contributed by atoms with Crippen molar-refractivity contribution in [3.05, 3.63) is 29.3 Å². The van der Waals surface area contributed by atoms with Gasteiger partial charge in [0.1, 0.15) is 5.75 Å². The van der Waals surface area contributed by atoms with Crippen molar-refractivity contribution in [2.45, 2.75) is 13.8 Å². The summed E-state index contributed by atoms with van der Waals surface area (Å²) < 4.78 is 9.98. The van der Waals surface area contributed by atoms with E-state index in [1.807, 2.05) is 19.9 Å². The molecule has 0 spiro atoms. The lowest BCUT2D eigenvalue weighted by atomic mass is 10.1. The zero-order valence-corrected chi connectivity index (χ0v) is 8.66. The van der Waals surface area contributed by atoms with Crippen molar-refractivity contribution >= 4 is 5.97 Å². The summed E-state index contributed by atoms with van der Waals surface area (Å²) in [4.78, 5) is 11.2. The van der Waals surface area contributed by atoms with Crippen molar-refractivity contribution < 1.29 is 14.3 Å². The van der Waals surface area contributed by atoms with Crippen LogP contribution in [-0.4, -0.2) is 19.7 Å². The maximum atomic E-state index is 11.2. The number of aryl methyl sites for hydroxylation is 1. The van der Waals surface area contributed by atoms with E-state index in [4.69, 9.17) is 4.74 Å². The lowest BCUT2D eigenvalue weighted by Gasteiger charge is -2.08. The summed E-state index contributed by atoms with van der Waals surface area (Å²) in [5.74, 6) is 0.390. The fourth-order valence-corrected chi connectivity index (χ4v) is 1.16. The summed E-state index contributed by atoms with van der Waals surface area (Å²) in [6, 6.07) is 5.27. The highest BCUT2D eigenvalue weighted by Gasteiger charge is 2.07. The molecule has 0 N–H and O–H groups in total. The molecule has 0 bridgehead atoms. The van der Waals surface area contributed by atoms with Gasteiger partial charge in [-0.05, 0) is 31.5 Å². The predicted octanol–water partition coefficient (Wildman–Crippen LogP) is 2.18. The van der Waals surface area contributed by atoms with Crippen LogP contribution in [0.2, 0.25) is 0 Å². The first-order chi connectivity index (χ1) is 6.69. The summed E-state index contributed by atoms with van der Waals surface area (Å²) in [5, 5.41) is 0. The van der Waals surface area contributed by atoms with E-state index in [2.05, 4.69) is 4.74 Å². The van der Waals surface area contributed by atoms with E-state index in [1.54, 1.807) is 12.1 Å². The van der Waals surface area contributed by atoms with E-state index in [0.717, 1.165) is 11.3 Å². The van der Waals surface area contributed by atoms with E-state index in [9.17, 15) is 4.79 Å². The molecule has 0 saturated heterocycles. The van der Waals surface area contributed by atoms with Crippen LogP contribution in [0.3, 0.4) is 0 Å². The van der Waals surface area contributed by atoms with Crippen molar-refractivity contribution in [2.75, 3.05) is 13.7 Å². The Kier molecular flexibility index (Phi) is 3.51. The molecule has 3 nitrogen and oxygen atoms in total. The Morgan fingerprint density at radius 3 is 2.71 bits per heavy atom. The second-order valence-electron chi connectivity index (χ2n) is 2.90. The molecule has 76 valence electrons. The van der Waals surface area contributed by atoms with Crippen LogP contribution in [0, 0.1) is 6.92 Å². The summed E-state index contributed by atoms with van der Waals surface area (Å²) in [6.45, 7) is 4.43. The van der Waals surface area contributed by atoms with Crippen molar-refractivity contribution in [1.29, 1.82) is 0 Å². The summed E-state index contributed by atoms with van der Waals surface area (Å²) >= 11 is 0. The van der Waals surface area contributed by atoms with Crippen molar-refractivity contribution in [3.8, 4) is 5.75 Å². The van der Waals surface area contributed by atoms with Gasteiger partial charge < -0.3 is 9.47 Å². The Balaban J connectivity index is 2.99. The highest BCUT2D eigenvalue weighted by Crippen LogP contribution is 2.19. The average Bonchev–Trinajstić information content (AvgIpc) is 2.20. The first-order valence-corrected chi connectivity index (χ1v) is 4.50. The molecule has 1 aromatic carbocycles.